The van der Waals surface area contributed by atoms with Gasteiger partial charge in [-0.2, -0.15) is 0 Å². The van der Waals surface area contributed by atoms with Crippen molar-refractivity contribution >= 4 is 22.9 Å². The van der Waals surface area contributed by atoms with Gasteiger partial charge in [0.1, 0.15) is 0 Å². The molecule has 1 N–H and O–H groups in total. The molecule has 0 spiro atoms. The van der Waals surface area contributed by atoms with Gasteiger partial charge in [0.25, 0.3) is 0 Å². The van der Waals surface area contributed by atoms with E-state index in [0.717, 1.165) is 45.1 Å². The highest BCUT2D eigenvalue weighted by atomic mass is 35.5. The fourth-order valence-electron chi connectivity index (χ4n) is 2.39. The maximum atomic E-state index is 6.35. The first-order valence-electron chi connectivity index (χ1n) is 6.08. The molecular weight excluding hydrogens is 242 g/mol. The lowest BCUT2D eigenvalue weighted by Gasteiger charge is -2.13. The zero-order valence-corrected chi connectivity index (χ0v) is 11.7. The molecule has 0 saturated carbocycles. The third kappa shape index (κ3) is 1.99. The number of anilines is 1. The van der Waals surface area contributed by atoms with Gasteiger partial charge in [-0.15, -0.1) is 0 Å². The molecule has 1 aliphatic rings. The third-order valence-electron chi connectivity index (χ3n) is 3.39. The maximum absolute atomic E-state index is 6.35. The summed E-state index contributed by atoms with van der Waals surface area (Å²) in [5.41, 5.74) is 6.33. The summed E-state index contributed by atoms with van der Waals surface area (Å²) in [4.78, 5) is 0. The van der Waals surface area contributed by atoms with Crippen molar-refractivity contribution in [2.75, 3.05) is 5.32 Å². The van der Waals surface area contributed by atoms with Crippen molar-refractivity contribution in [1.82, 2.24) is 0 Å². The minimum atomic E-state index is 0.154. The molecular formula is C16H18ClN. The zero-order chi connectivity index (χ0) is 13.4. The van der Waals surface area contributed by atoms with Gasteiger partial charge < -0.3 is 5.32 Å². The second-order valence-corrected chi connectivity index (χ2v) is 5.21. The number of fused-ring (bicyclic) bond motifs is 1. The summed E-state index contributed by atoms with van der Waals surface area (Å²) < 4.78 is 0. The van der Waals surface area contributed by atoms with Crippen LogP contribution in [-0.2, 0) is 0 Å². The normalized spacial score (nSPS) is 17.3. The molecule has 0 radical (unpaired) electrons. The molecule has 1 atom stereocenters. The summed E-state index contributed by atoms with van der Waals surface area (Å²) in [7, 11) is 0. The fraction of sp³-hybridized carbons (Fsp3) is 0.250. The molecule has 94 valence electrons. The van der Waals surface area contributed by atoms with E-state index in [9.17, 15) is 0 Å². The number of nitrogens with one attached hydrogen (secondary N) is 1. The standard InChI is InChI=1S/C16H18ClN/c1-6-10(4)12-8-15-13(7-14(12)17)16(9(2)3)11(5)18-15/h7-8,16,18H,2,4-6H2,1,3H3. The number of benzene rings is 1. The molecule has 0 amide bonds. The minimum Gasteiger partial charge on any atom is -0.358 e. The predicted molar refractivity (Wildman–Crippen MR) is 81.1 cm³/mol. The summed E-state index contributed by atoms with van der Waals surface area (Å²) >= 11 is 6.35. The van der Waals surface area contributed by atoms with Crippen molar-refractivity contribution in [3.05, 3.63) is 59.3 Å². The fourth-order valence-corrected chi connectivity index (χ4v) is 2.70. The Morgan fingerprint density at radius 2 is 2.06 bits per heavy atom. The van der Waals surface area contributed by atoms with Gasteiger partial charge >= 0.3 is 0 Å². The molecule has 1 aromatic carbocycles. The Morgan fingerprint density at radius 3 is 2.61 bits per heavy atom. The van der Waals surface area contributed by atoms with Crippen molar-refractivity contribution in [3.63, 3.8) is 0 Å². The monoisotopic (exact) mass is 259 g/mol. The summed E-state index contributed by atoms with van der Waals surface area (Å²) in [6.07, 6.45) is 0.892. The number of halogens is 1. The molecule has 1 aromatic rings. The Hall–Kier alpha value is -1.47. The van der Waals surface area contributed by atoms with Crippen LogP contribution in [0.15, 0.2) is 43.1 Å². The highest BCUT2D eigenvalue weighted by molar-refractivity contribution is 6.32. The van der Waals surface area contributed by atoms with Crippen LogP contribution in [-0.4, -0.2) is 0 Å². The van der Waals surface area contributed by atoms with Crippen LogP contribution in [0.25, 0.3) is 5.57 Å². The first-order valence-corrected chi connectivity index (χ1v) is 6.46. The molecule has 18 heavy (non-hydrogen) atoms. The first kappa shape index (κ1) is 13.0. The van der Waals surface area contributed by atoms with Crippen LogP contribution in [0.1, 0.15) is 37.3 Å². The lowest BCUT2D eigenvalue weighted by atomic mass is 9.91. The van der Waals surface area contributed by atoms with Crippen LogP contribution in [0.5, 0.6) is 0 Å². The molecule has 0 aliphatic carbocycles. The highest BCUT2D eigenvalue weighted by Crippen LogP contribution is 2.44. The van der Waals surface area contributed by atoms with E-state index in [1.807, 2.05) is 13.0 Å². The second kappa shape index (κ2) is 4.66. The lowest BCUT2D eigenvalue weighted by molar-refractivity contribution is 0.982. The first-order chi connectivity index (χ1) is 8.45. The molecule has 0 aromatic heterocycles. The summed E-state index contributed by atoms with van der Waals surface area (Å²) in [5.74, 6) is 0.154. The lowest BCUT2D eigenvalue weighted by Crippen LogP contribution is -1.98. The van der Waals surface area contributed by atoms with E-state index in [1.165, 1.54) is 0 Å². The molecule has 2 heteroatoms. The molecule has 1 nitrogen and oxygen atoms in total. The molecule has 2 rings (SSSR count). The van der Waals surface area contributed by atoms with Gasteiger partial charge in [0.15, 0.2) is 0 Å². The molecule has 0 saturated heterocycles. The summed E-state index contributed by atoms with van der Waals surface area (Å²) in [5, 5.41) is 4.07. The van der Waals surface area contributed by atoms with Crippen molar-refractivity contribution in [2.45, 2.75) is 26.2 Å². The SMILES string of the molecule is C=C(CC)c1cc2c(cc1Cl)C(C(=C)C)C(=C)N2. The van der Waals surface area contributed by atoms with Crippen LogP contribution in [0.3, 0.4) is 0 Å². The van der Waals surface area contributed by atoms with Crippen LogP contribution in [0.2, 0.25) is 5.02 Å². The van der Waals surface area contributed by atoms with E-state index < -0.39 is 0 Å². The number of hydrogen-bond acceptors (Lipinski definition) is 1. The average Bonchev–Trinajstić information content (AvgIpc) is 2.62. The highest BCUT2D eigenvalue weighted by Gasteiger charge is 2.27. The van der Waals surface area contributed by atoms with Gasteiger partial charge in [0, 0.05) is 22.3 Å². The number of rotatable bonds is 3. The smallest absolute Gasteiger partial charge is 0.0485 e. The Balaban J connectivity index is 2.55. The molecule has 1 aliphatic heterocycles. The topological polar surface area (TPSA) is 12.0 Å². The van der Waals surface area contributed by atoms with Gasteiger partial charge in [-0.05, 0) is 42.2 Å². The van der Waals surface area contributed by atoms with Crippen LogP contribution in [0, 0.1) is 0 Å². The Labute approximate surface area is 114 Å². The van der Waals surface area contributed by atoms with E-state index in [0.29, 0.717) is 0 Å². The van der Waals surface area contributed by atoms with Crippen molar-refractivity contribution in [1.29, 1.82) is 0 Å². The van der Waals surface area contributed by atoms with E-state index in [4.69, 9.17) is 11.6 Å². The molecule has 1 unspecified atom stereocenters. The van der Waals surface area contributed by atoms with E-state index >= 15 is 0 Å². The summed E-state index contributed by atoms with van der Waals surface area (Å²) in [6.45, 7) is 16.2. The average molecular weight is 260 g/mol. The summed E-state index contributed by atoms with van der Waals surface area (Å²) in [6, 6.07) is 4.08. The van der Waals surface area contributed by atoms with Gasteiger partial charge in [0.2, 0.25) is 0 Å². The minimum absolute atomic E-state index is 0.154. The Bertz CT molecular complexity index is 554. The van der Waals surface area contributed by atoms with Crippen LogP contribution >= 0.6 is 11.6 Å². The third-order valence-corrected chi connectivity index (χ3v) is 3.71. The van der Waals surface area contributed by atoms with E-state index in [1.54, 1.807) is 0 Å². The van der Waals surface area contributed by atoms with E-state index in [2.05, 4.69) is 38.0 Å². The quantitative estimate of drug-likeness (QED) is 0.721. The number of hydrogen-bond donors (Lipinski definition) is 1. The van der Waals surface area contributed by atoms with Crippen molar-refractivity contribution in [3.8, 4) is 0 Å². The van der Waals surface area contributed by atoms with Gasteiger partial charge in [-0.1, -0.05) is 43.8 Å². The van der Waals surface area contributed by atoms with Gasteiger partial charge in [-0.25, -0.2) is 0 Å². The predicted octanol–water partition coefficient (Wildman–Crippen LogP) is 5.36. The molecule has 1 heterocycles. The Morgan fingerprint density at radius 1 is 1.39 bits per heavy atom. The van der Waals surface area contributed by atoms with Gasteiger partial charge in [0.05, 0.1) is 0 Å². The van der Waals surface area contributed by atoms with Crippen LogP contribution < -0.4 is 5.32 Å². The zero-order valence-electron chi connectivity index (χ0n) is 10.9. The Kier molecular flexibility index (Phi) is 3.36. The molecule has 0 bridgehead atoms. The van der Waals surface area contributed by atoms with Crippen LogP contribution in [0.4, 0.5) is 5.69 Å². The van der Waals surface area contributed by atoms with Gasteiger partial charge in [-0.3, -0.25) is 0 Å². The van der Waals surface area contributed by atoms with Crippen molar-refractivity contribution < 1.29 is 0 Å². The second-order valence-electron chi connectivity index (χ2n) is 4.81. The largest absolute Gasteiger partial charge is 0.358 e. The number of allylic oxidation sites excluding steroid dienone is 2. The van der Waals surface area contributed by atoms with Crippen molar-refractivity contribution in [2.24, 2.45) is 0 Å². The van der Waals surface area contributed by atoms with E-state index in [-0.39, 0.29) is 5.92 Å². The maximum Gasteiger partial charge on any atom is 0.0485 e. The molecule has 0 fully saturated rings.